The van der Waals surface area contributed by atoms with Gasteiger partial charge in [-0.3, -0.25) is 0 Å². The molecule has 0 N–H and O–H groups in total. The first-order valence-corrected chi connectivity index (χ1v) is 2.96. The Bertz CT molecular complexity index is 59.1. The molecule has 0 aliphatic carbocycles. The molecule has 0 unspecified atom stereocenters. The maximum absolute atomic E-state index is 5.55. The van der Waals surface area contributed by atoms with E-state index in [1.54, 1.807) is 6.08 Å². The highest BCUT2D eigenvalue weighted by Gasteiger charge is 2.03. The summed E-state index contributed by atoms with van der Waals surface area (Å²) in [7, 11) is 0. The van der Waals surface area contributed by atoms with Crippen LogP contribution in [-0.2, 0) is 0 Å². The summed E-state index contributed by atoms with van der Waals surface area (Å²) in [5.41, 5.74) is 0. The average molecular weight is 139 g/mol. The molecule has 0 aliphatic heterocycles. The fraction of sp³-hybridized carbons (Fsp3) is 0.600. The number of alkyl halides is 2. The fourth-order valence-electron chi connectivity index (χ4n) is 0.188. The van der Waals surface area contributed by atoms with Crippen molar-refractivity contribution in [3.05, 3.63) is 12.7 Å². The van der Waals surface area contributed by atoms with Gasteiger partial charge >= 0.3 is 0 Å². The predicted molar refractivity (Wildman–Crippen MR) is 35.2 cm³/mol. The average Bonchev–Trinajstić information content (AvgIpc) is 1.65. The monoisotopic (exact) mass is 138 g/mol. The van der Waals surface area contributed by atoms with Crippen molar-refractivity contribution in [2.45, 2.75) is 17.7 Å². The Morgan fingerprint density at radius 3 is 2.00 bits per heavy atom. The van der Waals surface area contributed by atoms with Crippen molar-refractivity contribution in [1.82, 2.24) is 0 Å². The highest BCUT2D eigenvalue weighted by molar-refractivity contribution is 6.30. The minimum atomic E-state index is -0.0957. The highest BCUT2D eigenvalue weighted by atomic mass is 35.5. The van der Waals surface area contributed by atoms with Gasteiger partial charge in [-0.25, -0.2) is 0 Å². The molecule has 0 bridgehead atoms. The summed E-state index contributed by atoms with van der Waals surface area (Å²) < 4.78 is 0. The third-order valence-electron chi connectivity index (χ3n) is 0.664. The van der Waals surface area contributed by atoms with E-state index in [0.717, 1.165) is 0 Å². The topological polar surface area (TPSA) is 0 Å². The second kappa shape index (κ2) is 3.34. The van der Waals surface area contributed by atoms with Crippen LogP contribution in [0.15, 0.2) is 12.7 Å². The van der Waals surface area contributed by atoms with Crippen LogP contribution < -0.4 is 0 Å². The molecule has 0 rings (SSSR count). The van der Waals surface area contributed by atoms with Crippen LogP contribution in [0.2, 0.25) is 0 Å². The molecule has 0 nitrogen and oxygen atoms in total. The number of hydrogen-bond donors (Lipinski definition) is 0. The van der Waals surface area contributed by atoms with E-state index in [-0.39, 0.29) is 10.8 Å². The lowest BCUT2D eigenvalue weighted by atomic mass is 10.3. The maximum atomic E-state index is 5.55. The van der Waals surface area contributed by atoms with Gasteiger partial charge in [-0.2, -0.15) is 0 Å². The van der Waals surface area contributed by atoms with E-state index in [1.165, 1.54) is 0 Å². The summed E-state index contributed by atoms with van der Waals surface area (Å²) in [5.74, 6) is 0. The highest BCUT2D eigenvalue weighted by Crippen LogP contribution is 2.08. The molecule has 0 aromatic rings. The summed E-state index contributed by atoms with van der Waals surface area (Å²) in [6.45, 7) is 5.30. The van der Waals surface area contributed by atoms with E-state index in [4.69, 9.17) is 23.2 Å². The Morgan fingerprint density at radius 2 is 2.00 bits per heavy atom. The standard InChI is InChI=1S/C5H8Cl2/c1-3-5(7)4(2)6/h3-5H,1H2,2H3/t4-,5-/m1/s1. The molecule has 0 heterocycles. The fourth-order valence-corrected chi connectivity index (χ4v) is 0.290. The molecule has 0 amide bonds. The molecule has 0 aromatic carbocycles. The van der Waals surface area contributed by atoms with Crippen LogP contribution in [0, 0.1) is 0 Å². The van der Waals surface area contributed by atoms with Gasteiger partial charge in [-0.15, -0.1) is 29.8 Å². The molecule has 7 heavy (non-hydrogen) atoms. The van der Waals surface area contributed by atoms with Gasteiger partial charge in [-0.05, 0) is 6.92 Å². The van der Waals surface area contributed by atoms with Crippen molar-refractivity contribution in [2.24, 2.45) is 0 Å². The van der Waals surface area contributed by atoms with E-state index >= 15 is 0 Å². The zero-order valence-electron chi connectivity index (χ0n) is 4.20. The molecule has 42 valence electrons. The van der Waals surface area contributed by atoms with Gasteiger partial charge in [-0.1, -0.05) is 6.08 Å². The van der Waals surface area contributed by atoms with E-state index in [9.17, 15) is 0 Å². The molecule has 0 aliphatic rings. The summed E-state index contributed by atoms with van der Waals surface area (Å²) >= 11 is 11.1. The minimum absolute atomic E-state index is 0.0147. The Balaban J connectivity index is 3.33. The van der Waals surface area contributed by atoms with Crippen molar-refractivity contribution >= 4 is 23.2 Å². The Kier molecular flexibility index (Phi) is 3.49. The lowest BCUT2D eigenvalue weighted by Gasteiger charge is -2.02. The first-order valence-electron chi connectivity index (χ1n) is 2.09. The van der Waals surface area contributed by atoms with Crippen LogP contribution in [0.5, 0.6) is 0 Å². The smallest absolute Gasteiger partial charge is 0.0674 e. The van der Waals surface area contributed by atoms with Crippen molar-refractivity contribution in [3.8, 4) is 0 Å². The molecule has 0 aromatic heterocycles. The summed E-state index contributed by atoms with van der Waals surface area (Å²) in [5, 5.41) is -0.110. The minimum Gasteiger partial charge on any atom is -0.121 e. The second-order valence-electron chi connectivity index (χ2n) is 1.36. The van der Waals surface area contributed by atoms with Gasteiger partial charge in [0.15, 0.2) is 0 Å². The third kappa shape index (κ3) is 2.95. The third-order valence-corrected chi connectivity index (χ3v) is 1.62. The molecule has 0 saturated carbocycles. The van der Waals surface area contributed by atoms with E-state index in [0.29, 0.717) is 0 Å². The Hall–Kier alpha value is 0.320. The molecular weight excluding hydrogens is 131 g/mol. The van der Waals surface area contributed by atoms with Crippen molar-refractivity contribution in [2.75, 3.05) is 0 Å². The zero-order chi connectivity index (χ0) is 5.86. The lowest BCUT2D eigenvalue weighted by molar-refractivity contribution is 0.979. The molecule has 0 saturated heterocycles. The number of rotatable bonds is 2. The van der Waals surface area contributed by atoms with E-state index in [1.807, 2.05) is 6.92 Å². The largest absolute Gasteiger partial charge is 0.121 e. The van der Waals surface area contributed by atoms with Crippen LogP contribution in [0.4, 0.5) is 0 Å². The molecule has 0 radical (unpaired) electrons. The van der Waals surface area contributed by atoms with Crippen LogP contribution >= 0.6 is 23.2 Å². The summed E-state index contributed by atoms with van der Waals surface area (Å²) in [6.07, 6.45) is 1.62. The SMILES string of the molecule is C=C[C@@H](Cl)[C@@H](C)Cl. The van der Waals surface area contributed by atoms with Crippen LogP contribution in [0.25, 0.3) is 0 Å². The van der Waals surface area contributed by atoms with Gasteiger partial charge < -0.3 is 0 Å². The molecule has 2 atom stereocenters. The van der Waals surface area contributed by atoms with Crippen molar-refractivity contribution in [3.63, 3.8) is 0 Å². The zero-order valence-corrected chi connectivity index (χ0v) is 5.71. The van der Waals surface area contributed by atoms with Gasteiger partial charge in [0.05, 0.1) is 10.8 Å². The van der Waals surface area contributed by atoms with Gasteiger partial charge in [0.1, 0.15) is 0 Å². The Labute approximate surface area is 54.1 Å². The predicted octanol–water partition coefficient (Wildman–Crippen LogP) is 2.41. The molecule has 0 fully saturated rings. The quantitative estimate of drug-likeness (QED) is 0.407. The molecular formula is C5H8Cl2. The van der Waals surface area contributed by atoms with Gasteiger partial charge in [0.25, 0.3) is 0 Å². The number of hydrogen-bond acceptors (Lipinski definition) is 0. The van der Waals surface area contributed by atoms with Crippen molar-refractivity contribution in [1.29, 1.82) is 0 Å². The van der Waals surface area contributed by atoms with Gasteiger partial charge in [0.2, 0.25) is 0 Å². The second-order valence-corrected chi connectivity index (χ2v) is 2.55. The van der Waals surface area contributed by atoms with Crippen LogP contribution in [-0.4, -0.2) is 10.8 Å². The number of allylic oxidation sites excluding steroid dienone is 1. The summed E-state index contributed by atoms with van der Waals surface area (Å²) in [4.78, 5) is 0. The Morgan fingerprint density at radius 1 is 1.57 bits per heavy atom. The van der Waals surface area contributed by atoms with E-state index < -0.39 is 0 Å². The van der Waals surface area contributed by atoms with Crippen LogP contribution in [0.3, 0.4) is 0 Å². The van der Waals surface area contributed by atoms with E-state index in [2.05, 4.69) is 6.58 Å². The lowest BCUT2D eigenvalue weighted by Crippen LogP contribution is -2.05. The maximum Gasteiger partial charge on any atom is 0.0674 e. The molecule has 0 spiro atoms. The van der Waals surface area contributed by atoms with Crippen molar-refractivity contribution < 1.29 is 0 Å². The normalized spacial score (nSPS) is 18.1. The number of halogens is 2. The summed E-state index contributed by atoms with van der Waals surface area (Å²) in [6, 6.07) is 0. The van der Waals surface area contributed by atoms with Crippen LogP contribution in [0.1, 0.15) is 6.92 Å². The first-order chi connectivity index (χ1) is 3.18. The van der Waals surface area contributed by atoms with Gasteiger partial charge in [0, 0.05) is 0 Å². The molecule has 2 heteroatoms. The first kappa shape index (κ1) is 7.32.